The summed E-state index contributed by atoms with van der Waals surface area (Å²) < 4.78 is 32.8. The SMILES string of the molecule is Cc1ccc(CCC(=O)NCCOC(=O)c2cccc(S(=O)(=O)N3CCCCC3C)c2)cc1. The lowest BCUT2D eigenvalue weighted by molar-refractivity contribution is -0.121. The molecule has 1 saturated heterocycles. The summed E-state index contributed by atoms with van der Waals surface area (Å²) in [4.78, 5) is 24.5. The van der Waals surface area contributed by atoms with Gasteiger partial charge in [0.1, 0.15) is 6.61 Å². The molecule has 8 heteroatoms. The highest BCUT2D eigenvalue weighted by Crippen LogP contribution is 2.25. The number of sulfonamides is 1. The van der Waals surface area contributed by atoms with E-state index in [1.807, 2.05) is 38.1 Å². The third-order valence-electron chi connectivity index (χ3n) is 5.84. The normalized spacial score (nSPS) is 16.8. The Labute approximate surface area is 196 Å². The number of ether oxygens (including phenoxy) is 1. The first-order valence-corrected chi connectivity index (χ1v) is 12.8. The van der Waals surface area contributed by atoms with Gasteiger partial charge in [0.05, 0.1) is 17.0 Å². The molecule has 1 heterocycles. The summed E-state index contributed by atoms with van der Waals surface area (Å²) >= 11 is 0. The van der Waals surface area contributed by atoms with Gasteiger partial charge in [0.2, 0.25) is 15.9 Å². The van der Waals surface area contributed by atoms with Crippen molar-refractivity contribution in [1.29, 1.82) is 0 Å². The van der Waals surface area contributed by atoms with Crippen LogP contribution >= 0.6 is 0 Å². The summed E-state index contributed by atoms with van der Waals surface area (Å²) in [5, 5.41) is 2.74. The number of carbonyl (C=O) groups is 2. The van der Waals surface area contributed by atoms with Gasteiger partial charge in [-0.05, 0) is 56.9 Å². The zero-order valence-electron chi connectivity index (χ0n) is 19.2. The maximum absolute atomic E-state index is 13.0. The predicted octanol–water partition coefficient (Wildman–Crippen LogP) is 3.46. The van der Waals surface area contributed by atoms with E-state index in [9.17, 15) is 18.0 Å². The molecular formula is C25H32N2O5S. The number of nitrogens with zero attached hydrogens (tertiary/aromatic N) is 1. The molecule has 0 spiro atoms. The Morgan fingerprint density at radius 3 is 2.61 bits per heavy atom. The van der Waals surface area contributed by atoms with Crippen molar-refractivity contribution in [2.24, 2.45) is 0 Å². The lowest BCUT2D eigenvalue weighted by Crippen LogP contribution is -2.41. The van der Waals surface area contributed by atoms with E-state index in [-0.39, 0.29) is 35.6 Å². The largest absolute Gasteiger partial charge is 0.460 e. The van der Waals surface area contributed by atoms with Crippen LogP contribution in [0.4, 0.5) is 0 Å². The maximum atomic E-state index is 13.0. The number of nitrogens with one attached hydrogen (secondary N) is 1. The van der Waals surface area contributed by atoms with E-state index in [0.717, 1.165) is 24.8 Å². The first kappa shape index (κ1) is 24.9. The summed E-state index contributed by atoms with van der Waals surface area (Å²) in [5.74, 6) is -0.733. The molecule has 178 valence electrons. The Balaban J connectivity index is 1.46. The fourth-order valence-electron chi connectivity index (χ4n) is 3.87. The zero-order valence-corrected chi connectivity index (χ0v) is 20.1. The van der Waals surface area contributed by atoms with Crippen molar-refractivity contribution in [3.8, 4) is 0 Å². The van der Waals surface area contributed by atoms with E-state index >= 15 is 0 Å². The zero-order chi connectivity index (χ0) is 23.8. The highest BCUT2D eigenvalue weighted by atomic mass is 32.2. The monoisotopic (exact) mass is 472 g/mol. The lowest BCUT2D eigenvalue weighted by Gasteiger charge is -2.32. The summed E-state index contributed by atoms with van der Waals surface area (Å²) in [5.41, 5.74) is 2.44. The van der Waals surface area contributed by atoms with Gasteiger partial charge in [-0.3, -0.25) is 4.79 Å². The van der Waals surface area contributed by atoms with Gasteiger partial charge in [0.15, 0.2) is 0 Å². The van der Waals surface area contributed by atoms with Crippen LogP contribution in [0.5, 0.6) is 0 Å². The van der Waals surface area contributed by atoms with Crippen LogP contribution in [0.3, 0.4) is 0 Å². The van der Waals surface area contributed by atoms with E-state index in [1.165, 1.54) is 28.1 Å². The topological polar surface area (TPSA) is 92.8 Å². The Bertz CT molecular complexity index is 1070. The third-order valence-corrected chi connectivity index (χ3v) is 7.85. The summed E-state index contributed by atoms with van der Waals surface area (Å²) in [6.07, 6.45) is 3.68. The second kappa shape index (κ2) is 11.4. The number of esters is 1. The van der Waals surface area contributed by atoms with E-state index < -0.39 is 16.0 Å². The van der Waals surface area contributed by atoms with Gasteiger partial charge >= 0.3 is 5.97 Å². The van der Waals surface area contributed by atoms with Gasteiger partial charge in [0.25, 0.3) is 0 Å². The van der Waals surface area contributed by atoms with Crippen LogP contribution in [0, 0.1) is 6.92 Å². The van der Waals surface area contributed by atoms with Crippen molar-refractivity contribution in [3.05, 3.63) is 65.2 Å². The average Bonchev–Trinajstić information content (AvgIpc) is 2.81. The Kier molecular flexibility index (Phi) is 8.63. The molecule has 1 N–H and O–H groups in total. The van der Waals surface area contributed by atoms with Crippen LogP contribution in [-0.4, -0.2) is 50.3 Å². The van der Waals surface area contributed by atoms with Crippen molar-refractivity contribution >= 4 is 21.9 Å². The number of rotatable bonds is 9. The molecule has 1 aliphatic heterocycles. The van der Waals surface area contributed by atoms with Gasteiger partial charge < -0.3 is 10.1 Å². The number of carbonyl (C=O) groups excluding carboxylic acids is 2. The summed E-state index contributed by atoms with van der Waals surface area (Å²) in [7, 11) is -3.67. The van der Waals surface area contributed by atoms with Crippen LogP contribution in [0.2, 0.25) is 0 Å². The van der Waals surface area contributed by atoms with E-state index in [1.54, 1.807) is 6.07 Å². The average molecular weight is 473 g/mol. The maximum Gasteiger partial charge on any atom is 0.338 e. The molecule has 0 aromatic heterocycles. The highest BCUT2D eigenvalue weighted by Gasteiger charge is 2.31. The quantitative estimate of drug-likeness (QED) is 0.446. The van der Waals surface area contributed by atoms with Crippen LogP contribution in [-0.2, 0) is 26.0 Å². The number of hydrogen-bond donors (Lipinski definition) is 1. The molecule has 2 aromatic rings. The second-order valence-electron chi connectivity index (χ2n) is 8.46. The van der Waals surface area contributed by atoms with Crippen molar-refractivity contribution < 1.29 is 22.7 Å². The van der Waals surface area contributed by atoms with Gasteiger partial charge in [-0.15, -0.1) is 0 Å². The molecule has 0 saturated carbocycles. The Morgan fingerprint density at radius 1 is 1.12 bits per heavy atom. The Morgan fingerprint density at radius 2 is 1.88 bits per heavy atom. The van der Waals surface area contributed by atoms with E-state index in [4.69, 9.17) is 4.74 Å². The molecule has 0 radical (unpaired) electrons. The highest BCUT2D eigenvalue weighted by molar-refractivity contribution is 7.89. The fourth-order valence-corrected chi connectivity index (χ4v) is 5.61. The summed E-state index contributed by atoms with van der Waals surface area (Å²) in [6.45, 7) is 4.62. The first-order chi connectivity index (χ1) is 15.8. The molecule has 1 atom stereocenters. The number of hydrogen-bond acceptors (Lipinski definition) is 5. The molecule has 1 fully saturated rings. The smallest absolute Gasteiger partial charge is 0.338 e. The van der Waals surface area contributed by atoms with Gasteiger partial charge in [-0.1, -0.05) is 42.3 Å². The Hall–Kier alpha value is -2.71. The first-order valence-electron chi connectivity index (χ1n) is 11.4. The minimum atomic E-state index is -3.67. The van der Waals surface area contributed by atoms with Gasteiger partial charge in [-0.2, -0.15) is 4.31 Å². The van der Waals surface area contributed by atoms with Crippen molar-refractivity contribution in [3.63, 3.8) is 0 Å². The minimum Gasteiger partial charge on any atom is -0.460 e. The molecule has 1 aliphatic rings. The minimum absolute atomic E-state index is 0.00917. The molecule has 0 bridgehead atoms. The molecule has 1 amide bonds. The number of piperidine rings is 1. The molecular weight excluding hydrogens is 440 g/mol. The number of aryl methyl sites for hydroxylation is 2. The molecule has 33 heavy (non-hydrogen) atoms. The second-order valence-corrected chi connectivity index (χ2v) is 10.4. The number of amides is 1. The van der Waals surface area contributed by atoms with Gasteiger partial charge in [0, 0.05) is 19.0 Å². The molecule has 0 aliphatic carbocycles. The summed E-state index contributed by atoms with van der Waals surface area (Å²) in [6, 6.07) is 13.9. The van der Waals surface area contributed by atoms with E-state index in [0.29, 0.717) is 19.4 Å². The lowest BCUT2D eigenvalue weighted by atomic mass is 10.1. The van der Waals surface area contributed by atoms with Crippen molar-refractivity contribution in [2.45, 2.75) is 56.9 Å². The molecule has 3 rings (SSSR count). The van der Waals surface area contributed by atoms with Crippen molar-refractivity contribution in [2.75, 3.05) is 19.7 Å². The van der Waals surface area contributed by atoms with Crippen molar-refractivity contribution in [1.82, 2.24) is 9.62 Å². The standard InChI is InChI=1S/C25H32N2O5S/c1-19-9-11-21(12-10-19)13-14-24(28)26-15-17-32-25(29)22-7-5-8-23(18-22)33(30,31)27-16-4-3-6-20(27)2/h5,7-12,18,20H,3-4,6,13-17H2,1-2H3,(H,26,28). The van der Waals surface area contributed by atoms with Crippen LogP contribution in [0.25, 0.3) is 0 Å². The van der Waals surface area contributed by atoms with Crippen LogP contribution < -0.4 is 5.32 Å². The van der Waals surface area contributed by atoms with Crippen LogP contribution in [0.1, 0.15) is 54.1 Å². The fraction of sp³-hybridized carbons (Fsp3) is 0.440. The van der Waals surface area contributed by atoms with E-state index in [2.05, 4.69) is 5.32 Å². The molecule has 1 unspecified atom stereocenters. The third kappa shape index (κ3) is 6.88. The number of benzene rings is 2. The van der Waals surface area contributed by atoms with Gasteiger partial charge in [-0.25, -0.2) is 13.2 Å². The van der Waals surface area contributed by atoms with Crippen LogP contribution in [0.15, 0.2) is 53.4 Å². The molecule has 2 aromatic carbocycles. The predicted molar refractivity (Wildman–Crippen MR) is 126 cm³/mol. The molecule has 7 nitrogen and oxygen atoms in total.